The molecule has 18 heavy (non-hydrogen) atoms. The predicted octanol–water partition coefficient (Wildman–Crippen LogP) is 2.62. The Hall–Kier alpha value is -0.450. The molecule has 0 aromatic carbocycles. The van der Waals surface area contributed by atoms with Crippen LogP contribution in [-0.4, -0.2) is 35.1 Å². The van der Waals surface area contributed by atoms with Crippen molar-refractivity contribution in [1.82, 2.24) is 15.2 Å². The minimum atomic E-state index is 0.172. The zero-order valence-electron chi connectivity index (χ0n) is 12.2. The Balaban J connectivity index is 2.02. The lowest BCUT2D eigenvalue weighted by Gasteiger charge is -2.37. The molecule has 102 valence electrons. The van der Waals surface area contributed by atoms with E-state index in [-0.39, 0.29) is 5.41 Å². The van der Waals surface area contributed by atoms with Crippen LogP contribution in [0.4, 0.5) is 0 Å². The zero-order valence-corrected chi connectivity index (χ0v) is 13.0. The Bertz CT molecular complexity index is 394. The van der Waals surface area contributed by atoms with Gasteiger partial charge in [-0.25, -0.2) is 4.98 Å². The molecule has 1 aliphatic heterocycles. The first-order valence-electron chi connectivity index (χ1n) is 6.79. The van der Waals surface area contributed by atoms with Gasteiger partial charge in [0.25, 0.3) is 0 Å². The maximum atomic E-state index is 4.57. The summed E-state index contributed by atoms with van der Waals surface area (Å²) < 4.78 is 0. The van der Waals surface area contributed by atoms with Gasteiger partial charge in [0.05, 0.1) is 5.01 Å². The van der Waals surface area contributed by atoms with Crippen LogP contribution in [0, 0.1) is 0 Å². The number of nitrogens with one attached hydrogen (secondary N) is 1. The van der Waals surface area contributed by atoms with Crippen molar-refractivity contribution in [2.24, 2.45) is 0 Å². The minimum Gasteiger partial charge on any atom is -0.311 e. The summed E-state index contributed by atoms with van der Waals surface area (Å²) in [5.41, 5.74) is 0.172. The molecule has 2 heterocycles. The number of rotatable bonds is 2. The highest BCUT2D eigenvalue weighted by molar-refractivity contribution is 7.11. The lowest BCUT2D eigenvalue weighted by atomic mass is 9.98. The second-order valence-corrected chi connectivity index (χ2v) is 7.58. The van der Waals surface area contributed by atoms with Crippen LogP contribution < -0.4 is 5.32 Å². The number of thiazole rings is 1. The van der Waals surface area contributed by atoms with E-state index in [1.807, 2.05) is 11.3 Å². The molecule has 0 amide bonds. The third-order valence-electron chi connectivity index (χ3n) is 3.45. The molecule has 1 saturated heterocycles. The minimum absolute atomic E-state index is 0.172. The summed E-state index contributed by atoms with van der Waals surface area (Å²) in [7, 11) is 0. The number of aromatic nitrogens is 1. The van der Waals surface area contributed by atoms with Crippen LogP contribution in [0.5, 0.6) is 0 Å². The summed E-state index contributed by atoms with van der Waals surface area (Å²) in [5, 5.41) is 4.77. The van der Waals surface area contributed by atoms with E-state index in [4.69, 9.17) is 0 Å². The molecule has 1 aliphatic rings. The molecule has 0 bridgehead atoms. The molecule has 2 atom stereocenters. The largest absolute Gasteiger partial charge is 0.311 e. The fourth-order valence-corrected chi connectivity index (χ4v) is 3.24. The molecule has 4 heteroatoms. The summed E-state index contributed by atoms with van der Waals surface area (Å²) in [6.07, 6.45) is 2.06. The molecular weight excluding hydrogens is 242 g/mol. The summed E-state index contributed by atoms with van der Waals surface area (Å²) in [4.78, 5) is 8.52. The first-order chi connectivity index (χ1) is 8.36. The highest BCUT2D eigenvalue weighted by atomic mass is 32.1. The predicted molar refractivity (Wildman–Crippen MR) is 78.2 cm³/mol. The van der Waals surface area contributed by atoms with E-state index in [2.05, 4.69) is 56.0 Å². The van der Waals surface area contributed by atoms with Gasteiger partial charge in [-0.3, -0.25) is 4.90 Å². The fraction of sp³-hybridized carbons (Fsp3) is 0.786. The molecule has 3 nitrogen and oxygen atoms in total. The second kappa shape index (κ2) is 5.27. The Morgan fingerprint density at radius 2 is 2.17 bits per heavy atom. The van der Waals surface area contributed by atoms with E-state index in [0.29, 0.717) is 12.1 Å². The third-order valence-corrected chi connectivity index (χ3v) is 4.86. The zero-order chi connectivity index (χ0) is 13.3. The lowest BCUT2D eigenvalue weighted by molar-refractivity contribution is 0.140. The molecule has 0 aliphatic carbocycles. The van der Waals surface area contributed by atoms with Crippen LogP contribution in [0.3, 0.4) is 0 Å². The molecule has 1 aromatic heterocycles. The van der Waals surface area contributed by atoms with Crippen LogP contribution in [0.15, 0.2) is 6.20 Å². The van der Waals surface area contributed by atoms with Crippen LogP contribution in [0.2, 0.25) is 0 Å². The van der Waals surface area contributed by atoms with Crippen molar-refractivity contribution < 1.29 is 0 Å². The molecule has 0 saturated carbocycles. The first-order valence-corrected chi connectivity index (χ1v) is 7.60. The van der Waals surface area contributed by atoms with E-state index in [1.165, 1.54) is 9.88 Å². The number of nitrogens with zero attached hydrogens (tertiary/aromatic N) is 2. The summed E-state index contributed by atoms with van der Waals surface area (Å²) in [6, 6.07) is 1.21. The van der Waals surface area contributed by atoms with Crippen molar-refractivity contribution in [3.05, 3.63) is 16.1 Å². The van der Waals surface area contributed by atoms with Crippen molar-refractivity contribution in [3.8, 4) is 0 Å². The summed E-state index contributed by atoms with van der Waals surface area (Å²) >= 11 is 1.86. The Kier molecular flexibility index (Phi) is 4.09. The Morgan fingerprint density at radius 3 is 2.78 bits per heavy atom. The van der Waals surface area contributed by atoms with Crippen molar-refractivity contribution >= 4 is 11.3 Å². The van der Waals surface area contributed by atoms with E-state index in [9.17, 15) is 0 Å². The van der Waals surface area contributed by atoms with E-state index in [1.54, 1.807) is 0 Å². The molecule has 1 fully saturated rings. The standard InChI is InChI=1S/C14H25N3S/c1-10-8-17(11(2)6-15-10)9-12-7-16-13(18-12)14(3,4)5/h7,10-11,15H,6,8-9H2,1-5H3. The van der Waals surface area contributed by atoms with E-state index in [0.717, 1.165) is 19.6 Å². The van der Waals surface area contributed by atoms with Gasteiger partial charge in [0.15, 0.2) is 0 Å². The van der Waals surface area contributed by atoms with Crippen LogP contribution in [-0.2, 0) is 12.0 Å². The topological polar surface area (TPSA) is 28.2 Å². The molecule has 0 spiro atoms. The average Bonchev–Trinajstić information content (AvgIpc) is 2.71. The van der Waals surface area contributed by atoms with Crippen molar-refractivity contribution in [2.45, 2.75) is 58.7 Å². The molecule has 2 unspecified atom stereocenters. The molecule has 1 N–H and O–H groups in total. The number of piperazine rings is 1. The van der Waals surface area contributed by atoms with Gasteiger partial charge in [-0.15, -0.1) is 11.3 Å². The quantitative estimate of drug-likeness (QED) is 0.893. The van der Waals surface area contributed by atoms with Gasteiger partial charge in [-0.2, -0.15) is 0 Å². The SMILES string of the molecule is CC1CN(Cc2cnc(C(C)(C)C)s2)C(C)CN1. The van der Waals surface area contributed by atoms with Crippen LogP contribution in [0.25, 0.3) is 0 Å². The smallest absolute Gasteiger partial charge is 0.0981 e. The average molecular weight is 267 g/mol. The molecule has 0 radical (unpaired) electrons. The van der Waals surface area contributed by atoms with Gasteiger partial charge in [-0.05, 0) is 13.8 Å². The maximum Gasteiger partial charge on any atom is 0.0981 e. The van der Waals surface area contributed by atoms with Gasteiger partial charge < -0.3 is 5.32 Å². The third kappa shape index (κ3) is 3.31. The van der Waals surface area contributed by atoms with Gasteiger partial charge in [0, 0.05) is 48.2 Å². The summed E-state index contributed by atoms with van der Waals surface area (Å²) in [6.45, 7) is 14.5. The van der Waals surface area contributed by atoms with Gasteiger partial charge in [0.1, 0.15) is 0 Å². The van der Waals surface area contributed by atoms with Crippen molar-refractivity contribution in [2.75, 3.05) is 13.1 Å². The first kappa shape index (κ1) is 14.0. The van der Waals surface area contributed by atoms with E-state index < -0.39 is 0 Å². The van der Waals surface area contributed by atoms with Crippen molar-refractivity contribution in [1.29, 1.82) is 0 Å². The van der Waals surface area contributed by atoms with Gasteiger partial charge >= 0.3 is 0 Å². The molecule has 2 rings (SSSR count). The maximum absolute atomic E-state index is 4.57. The van der Waals surface area contributed by atoms with Crippen LogP contribution >= 0.6 is 11.3 Å². The van der Waals surface area contributed by atoms with E-state index >= 15 is 0 Å². The number of hydrogen-bond acceptors (Lipinski definition) is 4. The van der Waals surface area contributed by atoms with Gasteiger partial charge in [0.2, 0.25) is 0 Å². The van der Waals surface area contributed by atoms with Crippen LogP contribution in [0.1, 0.15) is 44.5 Å². The summed E-state index contributed by atoms with van der Waals surface area (Å²) in [5.74, 6) is 0. The Morgan fingerprint density at radius 1 is 1.44 bits per heavy atom. The second-order valence-electron chi connectivity index (χ2n) is 6.47. The van der Waals surface area contributed by atoms with Crippen molar-refractivity contribution in [3.63, 3.8) is 0 Å². The fourth-order valence-electron chi connectivity index (χ4n) is 2.24. The monoisotopic (exact) mass is 267 g/mol. The molecule has 1 aromatic rings. The van der Waals surface area contributed by atoms with Gasteiger partial charge in [-0.1, -0.05) is 20.8 Å². The highest BCUT2D eigenvalue weighted by Gasteiger charge is 2.24. The lowest BCUT2D eigenvalue weighted by Crippen LogP contribution is -2.53. The normalized spacial score (nSPS) is 26.5. The molecular formula is C14H25N3S. The number of hydrogen-bond donors (Lipinski definition) is 1. The Labute approximate surface area is 115 Å². The highest BCUT2D eigenvalue weighted by Crippen LogP contribution is 2.27.